The van der Waals surface area contributed by atoms with Gasteiger partial charge in [-0.3, -0.25) is 0 Å². The highest BCUT2D eigenvalue weighted by atomic mass is 16.5. The van der Waals surface area contributed by atoms with Gasteiger partial charge in [0.2, 0.25) is 0 Å². The van der Waals surface area contributed by atoms with Gasteiger partial charge in [0.15, 0.2) is 0 Å². The first kappa shape index (κ1) is 17.5. The molecule has 0 amide bonds. The summed E-state index contributed by atoms with van der Waals surface area (Å²) in [5, 5.41) is 3.39. The zero-order chi connectivity index (χ0) is 15.3. The van der Waals surface area contributed by atoms with Crippen LogP contribution in [0.5, 0.6) is 0 Å². The molecule has 0 aliphatic rings. The Morgan fingerprint density at radius 3 is 2.29 bits per heavy atom. The third kappa shape index (κ3) is 7.74. The van der Waals surface area contributed by atoms with Crippen LogP contribution in [0.25, 0.3) is 0 Å². The van der Waals surface area contributed by atoms with E-state index in [9.17, 15) is 4.79 Å². The van der Waals surface area contributed by atoms with Crippen molar-refractivity contribution in [2.45, 2.75) is 58.8 Å². The van der Waals surface area contributed by atoms with Crippen LogP contribution in [0.3, 0.4) is 0 Å². The highest BCUT2D eigenvalue weighted by molar-refractivity contribution is 5.89. The Bertz CT molecular complexity index is 387. The Morgan fingerprint density at radius 1 is 0.952 bits per heavy atom. The molecular formula is C18H29NO2. The molecule has 1 aromatic carbocycles. The standard InChI is InChI=1S/C18H29NO2/c1-3-5-6-7-8-9-14-19-17-12-10-16(11-13-17)18(20)21-15-4-2/h10-13,19H,3-9,14-15H2,1-2H3. The van der Waals surface area contributed by atoms with Gasteiger partial charge in [-0.05, 0) is 37.1 Å². The molecule has 1 rings (SSSR count). The third-order valence-electron chi connectivity index (χ3n) is 3.42. The molecule has 0 aliphatic carbocycles. The largest absolute Gasteiger partial charge is 0.462 e. The van der Waals surface area contributed by atoms with Gasteiger partial charge in [0, 0.05) is 12.2 Å². The number of carbonyl (C=O) groups is 1. The normalized spacial score (nSPS) is 10.4. The minimum absolute atomic E-state index is 0.237. The maximum atomic E-state index is 11.7. The first-order chi connectivity index (χ1) is 10.3. The van der Waals surface area contributed by atoms with E-state index in [1.54, 1.807) is 0 Å². The molecule has 0 saturated carbocycles. The Kier molecular flexibility index (Phi) is 9.34. The zero-order valence-corrected chi connectivity index (χ0v) is 13.5. The minimum atomic E-state index is -0.237. The van der Waals surface area contributed by atoms with Crippen LogP contribution < -0.4 is 5.32 Å². The maximum Gasteiger partial charge on any atom is 0.338 e. The lowest BCUT2D eigenvalue weighted by molar-refractivity contribution is 0.0505. The molecule has 3 heteroatoms. The van der Waals surface area contributed by atoms with E-state index in [1.807, 2.05) is 31.2 Å². The second-order valence-corrected chi connectivity index (χ2v) is 5.41. The molecule has 0 heterocycles. The quantitative estimate of drug-likeness (QED) is 0.459. The molecule has 0 radical (unpaired) electrons. The van der Waals surface area contributed by atoms with Gasteiger partial charge in [-0.25, -0.2) is 4.79 Å². The summed E-state index contributed by atoms with van der Waals surface area (Å²) >= 11 is 0. The summed E-state index contributed by atoms with van der Waals surface area (Å²) in [4.78, 5) is 11.7. The van der Waals surface area contributed by atoms with E-state index in [2.05, 4.69) is 12.2 Å². The molecule has 3 nitrogen and oxygen atoms in total. The monoisotopic (exact) mass is 291 g/mol. The van der Waals surface area contributed by atoms with Crippen LogP contribution in [0, 0.1) is 0 Å². The predicted molar refractivity (Wildman–Crippen MR) is 88.9 cm³/mol. The van der Waals surface area contributed by atoms with Gasteiger partial charge in [0.05, 0.1) is 12.2 Å². The molecular weight excluding hydrogens is 262 g/mol. The van der Waals surface area contributed by atoms with Gasteiger partial charge in [-0.15, -0.1) is 0 Å². The van der Waals surface area contributed by atoms with Crippen molar-refractivity contribution in [3.63, 3.8) is 0 Å². The lowest BCUT2D eigenvalue weighted by Gasteiger charge is -2.07. The molecule has 0 atom stereocenters. The first-order valence-electron chi connectivity index (χ1n) is 8.29. The molecule has 21 heavy (non-hydrogen) atoms. The van der Waals surface area contributed by atoms with E-state index in [1.165, 1.54) is 38.5 Å². The van der Waals surface area contributed by atoms with Crippen molar-refractivity contribution in [1.82, 2.24) is 0 Å². The summed E-state index contributed by atoms with van der Waals surface area (Å²) in [7, 11) is 0. The number of esters is 1. The van der Waals surface area contributed by atoms with Crippen molar-refractivity contribution in [2.24, 2.45) is 0 Å². The van der Waals surface area contributed by atoms with Gasteiger partial charge in [0.1, 0.15) is 0 Å². The molecule has 0 aromatic heterocycles. The molecule has 0 fully saturated rings. The van der Waals surface area contributed by atoms with Crippen molar-refractivity contribution < 1.29 is 9.53 Å². The van der Waals surface area contributed by atoms with Crippen molar-refractivity contribution in [2.75, 3.05) is 18.5 Å². The van der Waals surface area contributed by atoms with Gasteiger partial charge in [0.25, 0.3) is 0 Å². The molecule has 1 N–H and O–H groups in total. The molecule has 0 aliphatic heterocycles. The Morgan fingerprint density at radius 2 is 1.62 bits per heavy atom. The van der Waals surface area contributed by atoms with Crippen LogP contribution in [-0.2, 0) is 4.74 Å². The SMILES string of the molecule is CCCCCCCCNc1ccc(C(=O)OCCC)cc1. The summed E-state index contributed by atoms with van der Waals surface area (Å²) in [5.74, 6) is -0.237. The number of ether oxygens (including phenoxy) is 1. The number of anilines is 1. The second kappa shape index (κ2) is 11.2. The van der Waals surface area contributed by atoms with Crippen molar-refractivity contribution in [1.29, 1.82) is 0 Å². The summed E-state index contributed by atoms with van der Waals surface area (Å²) < 4.78 is 5.10. The van der Waals surface area contributed by atoms with Crippen LogP contribution in [0.2, 0.25) is 0 Å². The van der Waals surface area contributed by atoms with Crippen molar-refractivity contribution in [3.8, 4) is 0 Å². The van der Waals surface area contributed by atoms with Crippen LogP contribution >= 0.6 is 0 Å². The number of unbranched alkanes of at least 4 members (excludes halogenated alkanes) is 5. The van der Waals surface area contributed by atoms with Crippen molar-refractivity contribution in [3.05, 3.63) is 29.8 Å². The van der Waals surface area contributed by atoms with E-state index in [4.69, 9.17) is 4.74 Å². The first-order valence-corrected chi connectivity index (χ1v) is 8.29. The molecule has 0 bridgehead atoms. The van der Waals surface area contributed by atoms with E-state index < -0.39 is 0 Å². The van der Waals surface area contributed by atoms with E-state index in [-0.39, 0.29) is 5.97 Å². The lowest BCUT2D eigenvalue weighted by Crippen LogP contribution is -2.06. The zero-order valence-electron chi connectivity index (χ0n) is 13.5. The molecule has 0 spiro atoms. The number of carbonyl (C=O) groups excluding carboxylic acids is 1. The Balaban J connectivity index is 2.20. The van der Waals surface area contributed by atoms with Gasteiger partial charge >= 0.3 is 5.97 Å². The highest BCUT2D eigenvalue weighted by Gasteiger charge is 2.05. The average molecular weight is 291 g/mol. The van der Waals surface area contributed by atoms with Crippen molar-refractivity contribution >= 4 is 11.7 Å². The number of hydrogen-bond donors (Lipinski definition) is 1. The topological polar surface area (TPSA) is 38.3 Å². The fraction of sp³-hybridized carbons (Fsp3) is 0.611. The number of nitrogens with one attached hydrogen (secondary N) is 1. The smallest absolute Gasteiger partial charge is 0.338 e. The number of benzene rings is 1. The van der Waals surface area contributed by atoms with Crippen LogP contribution in [0.1, 0.15) is 69.2 Å². The summed E-state index contributed by atoms with van der Waals surface area (Å²) in [6.45, 7) is 5.70. The number of rotatable bonds is 11. The second-order valence-electron chi connectivity index (χ2n) is 5.41. The highest BCUT2D eigenvalue weighted by Crippen LogP contribution is 2.11. The molecule has 1 aromatic rings. The minimum Gasteiger partial charge on any atom is -0.462 e. The maximum absolute atomic E-state index is 11.7. The summed E-state index contributed by atoms with van der Waals surface area (Å²) in [5.41, 5.74) is 1.68. The molecule has 0 saturated heterocycles. The fourth-order valence-electron chi connectivity index (χ4n) is 2.14. The van der Waals surface area contributed by atoms with Gasteiger partial charge < -0.3 is 10.1 Å². The van der Waals surface area contributed by atoms with Crippen LogP contribution in [0.4, 0.5) is 5.69 Å². The van der Waals surface area contributed by atoms with Gasteiger partial charge in [-0.2, -0.15) is 0 Å². The van der Waals surface area contributed by atoms with E-state index in [0.717, 1.165) is 18.7 Å². The van der Waals surface area contributed by atoms with E-state index in [0.29, 0.717) is 12.2 Å². The molecule has 118 valence electrons. The molecule has 0 unspecified atom stereocenters. The Hall–Kier alpha value is -1.51. The van der Waals surface area contributed by atoms with Crippen LogP contribution in [-0.4, -0.2) is 19.1 Å². The third-order valence-corrected chi connectivity index (χ3v) is 3.42. The van der Waals surface area contributed by atoms with E-state index >= 15 is 0 Å². The predicted octanol–water partition coefficient (Wildman–Crippen LogP) is 5.03. The summed E-state index contributed by atoms with van der Waals surface area (Å²) in [6.07, 6.45) is 8.67. The fourth-order valence-corrected chi connectivity index (χ4v) is 2.14. The van der Waals surface area contributed by atoms with Gasteiger partial charge in [-0.1, -0.05) is 46.0 Å². The number of hydrogen-bond acceptors (Lipinski definition) is 3. The lowest BCUT2D eigenvalue weighted by atomic mass is 10.1. The Labute approximate surface area is 129 Å². The van der Waals surface area contributed by atoms with Crippen LogP contribution in [0.15, 0.2) is 24.3 Å². The summed E-state index contributed by atoms with van der Waals surface area (Å²) in [6, 6.07) is 7.53. The average Bonchev–Trinajstić information content (AvgIpc) is 2.52.